The van der Waals surface area contributed by atoms with Crippen LogP contribution in [0.1, 0.15) is 0 Å². The van der Waals surface area contributed by atoms with Gasteiger partial charge in [0.1, 0.15) is 0 Å². The van der Waals surface area contributed by atoms with Crippen LogP contribution in [0, 0.1) is 0 Å². The Labute approximate surface area is 22.9 Å². The van der Waals surface area contributed by atoms with Crippen molar-refractivity contribution >= 4 is 0 Å². The first-order valence-corrected chi connectivity index (χ1v) is 0.658. The van der Waals surface area contributed by atoms with E-state index in [1.165, 1.54) is 0 Å². The first-order valence-electron chi connectivity index (χ1n) is 0.658. The minimum absolute atomic E-state index is 0.500. The molecule has 0 unspecified atom stereocenters. The van der Waals surface area contributed by atoms with Crippen LogP contribution in [-0.4, -0.2) is 15.8 Å². The van der Waals surface area contributed by atoms with Crippen molar-refractivity contribution < 1.29 is 10.4 Å². The van der Waals surface area contributed by atoms with Crippen molar-refractivity contribution in [2.45, 2.75) is 0 Å². The van der Waals surface area contributed by atoms with Gasteiger partial charge >= 0.3 is 0 Å². The Morgan fingerprint density at radius 3 is 1.50 bits per heavy atom. The van der Waals surface area contributed by atoms with E-state index in [-0.39, 0.29) is 0 Å². The van der Waals surface area contributed by atoms with Crippen LogP contribution in [-0.2, 0) is 0 Å². The molecular formula is H4N2O2. The van der Waals surface area contributed by atoms with Crippen LogP contribution in [0.5, 0.6) is 0 Å². The van der Waals surface area contributed by atoms with E-state index < -0.39 is 5.34 Å². The van der Waals surface area contributed by atoms with E-state index >= 15 is 0 Å². The third kappa shape index (κ3) is 50.7. The van der Waals surface area contributed by atoms with Crippen LogP contribution < -0.4 is 5.84 Å². The van der Waals surface area contributed by atoms with Crippen molar-refractivity contribution in [2.75, 3.05) is 0 Å². The fourth-order valence-electron chi connectivity index (χ4n) is 0. The molecule has 0 atom stereocenters. The molecule has 0 aliphatic carbocycles. The Kier molecular flexibility index (Phi) is 1.14. The van der Waals surface area contributed by atoms with E-state index in [9.17, 15) is 0 Å². The van der Waals surface area contributed by atoms with E-state index in [0.717, 1.165) is 0 Å². The molecule has 4 nitrogen and oxygen atoms in total. The summed E-state index contributed by atoms with van der Waals surface area (Å²) in [6, 6.07) is 0. The third-order valence-corrected chi connectivity index (χ3v) is 0. The molecule has 0 amide bonds. The topological polar surface area (TPSA) is 69.7 Å². The largest absolute Gasteiger partial charge is 0.276 e. The summed E-state index contributed by atoms with van der Waals surface area (Å²) in [6.45, 7) is 0. The molecule has 0 fully saturated rings. The number of hydrogen-bond acceptors (Lipinski definition) is 4. The molecule has 0 aromatic rings. The summed E-state index contributed by atoms with van der Waals surface area (Å²) in [4.78, 5) is 0. The minimum atomic E-state index is -0.500. The molecular weight excluding hydrogens is 60.0 g/mol. The van der Waals surface area contributed by atoms with Gasteiger partial charge < -0.3 is 0 Å². The monoisotopic (exact) mass is 64.0 g/mol. The summed E-state index contributed by atoms with van der Waals surface area (Å²) >= 11 is 0. The predicted molar refractivity (Wildman–Crippen MR) is 9.60 cm³/mol. The molecule has 0 aliphatic rings. The van der Waals surface area contributed by atoms with Crippen LogP contribution in [0.4, 0.5) is 0 Å². The maximum absolute atomic E-state index is 7.22. The molecule has 0 rings (SSSR count). The Morgan fingerprint density at radius 1 is 1.50 bits per heavy atom. The lowest BCUT2D eigenvalue weighted by Crippen LogP contribution is -2.20. The lowest BCUT2D eigenvalue weighted by molar-refractivity contribution is -0.310. The second-order valence-corrected chi connectivity index (χ2v) is 0.320. The van der Waals surface area contributed by atoms with Gasteiger partial charge in [0, 0.05) is 5.34 Å². The van der Waals surface area contributed by atoms with Gasteiger partial charge in [-0.2, -0.15) is 0 Å². The molecule has 0 bridgehead atoms. The highest BCUT2D eigenvalue weighted by atomic mass is 16.8. The standard InChI is InChI=1S/H4N2O2/c1-2(3)4/h3-4H,1H2. The fourth-order valence-corrected chi connectivity index (χ4v) is 0. The van der Waals surface area contributed by atoms with Gasteiger partial charge in [0.15, 0.2) is 0 Å². The van der Waals surface area contributed by atoms with E-state index in [4.69, 9.17) is 10.4 Å². The third-order valence-electron chi connectivity index (χ3n) is 0. The summed E-state index contributed by atoms with van der Waals surface area (Å²) in [5, 5.41) is 13.9. The highest BCUT2D eigenvalue weighted by Gasteiger charge is 1.61. The first-order chi connectivity index (χ1) is 1.73. The van der Waals surface area contributed by atoms with E-state index in [2.05, 4.69) is 5.84 Å². The SMILES string of the molecule is NN(O)O. The quantitative estimate of drug-likeness (QED) is 0.248. The summed E-state index contributed by atoms with van der Waals surface area (Å²) in [7, 11) is 0. The van der Waals surface area contributed by atoms with Gasteiger partial charge in [-0.15, -0.1) is 0 Å². The summed E-state index contributed by atoms with van der Waals surface area (Å²) in [6.07, 6.45) is 0. The number of nitrogens with two attached hydrogens (primary N) is 1. The highest BCUT2D eigenvalue weighted by molar-refractivity contribution is 3.45. The van der Waals surface area contributed by atoms with Gasteiger partial charge in [0.25, 0.3) is 0 Å². The molecule has 0 heterocycles. The average molecular weight is 64.0 g/mol. The summed E-state index contributed by atoms with van der Waals surface area (Å²) in [5.41, 5.74) is 0. The molecule has 0 radical (unpaired) electrons. The molecule has 0 spiro atoms. The zero-order chi connectivity index (χ0) is 3.58. The van der Waals surface area contributed by atoms with Crippen molar-refractivity contribution in [3.8, 4) is 0 Å². The molecule has 0 saturated carbocycles. The Morgan fingerprint density at radius 2 is 1.50 bits per heavy atom. The Balaban J connectivity index is 2.32. The summed E-state index contributed by atoms with van der Waals surface area (Å²) < 4.78 is 0. The molecule has 4 heavy (non-hydrogen) atoms. The second-order valence-electron chi connectivity index (χ2n) is 0.320. The molecule has 0 saturated heterocycles. The van der Waals surface area contributed by atoms with Gasteiger partial charge in [0.2, 0.25) is 0 Å². The molecule has 0 aliphatic heterocycles. The van der Waals surface area contributed by atoms with Gasteiger partial charge in [-0.3, -0.25) is 10.4 Å². The lowest BCUT2D eigenvalue weighted by Gasteiger charge is -1.86. The first kappa shape index (κ1) is 3.84. The Hall–Kier alpha value is -0.160. The summed E-state index contributed by atoms with van der Waals surface area (Å²) in [5.74, 6) is 4.06. The Bertz CT molecular complexity index is 8.75. The van der Waals surface area contributed by atoms with E-state index in [0.29, 0.717) is 0 Å². The van der Waals surface area contributed by atoms with Gasteiger partial charge in [-0.25, -0.2) is 5.84 Å². The molecule has 0 aromatic carbocycles. The second kappa shape index (κ2) is 1.19. The lowest BCUT2D eigenvalue weighted by atomic mass is 12.7. The van der Waals surface area contributed by atoms with Crippen molar-refractivity contribution in [1.29, 1.82) is 0 Å². The maximum Gasteiger partial charge on any atom is 0.00265 e. The molecule has 26 valence electrons. The van der Waals surface area contributed by atoms with Crippen molar-refractivity contribution in [2.24, 2.45) is 5.84 Å². The number of hydrazine groups is 1. The zero-order valence-electron chi connectivity index (χ0n) is 1.92. The van der Waals surface area contributed by atoms with Crippen LogP contribution >= 0.6 is 0 Å². The molecule has 0 aromatic heterocycles. The van der Waals surface area contributed by atoms with Crippen molar-refractivity contribution in [1.82, 2.24) is 5.34 Å². The normalized spacial score (nSPS) is 9.00. The number of rotatable bonds is 0. The van der Waals surface area contributed by atoms with Gasteiger partial charge in [-0.1, -0.05) is 0 Å². The van der Waals surface area contributed by atoms with Gasteiger partial charge in [-0.05, 0) is 0 Å². The van der Waals surface area contributed by atoms with Crippen molar-refractivity contribution in [3.63, 3.8) is 0 Å². The molecule has 4 N–H and O–H groups in total. The fraction of sp³-hybridized carbons (Fsp3) is 0. The number of nitrogens with zero attached hydrogens (tertiary/aromatic N) is 1. The zero-order valence-corrected chi connectivity index (χ0v) is 1.92. The van der Waals surface area contributed by atoms with Crippen LogP contribution in [0.2, 0.25) is 0 Å². The highest BCUT2D eigenvalue weighted by Crippen LogP contribution is 1.34. The van der Waals surface area contributed by atoms with Crippen LogP contribution in [0.3, 0.4) is 0 Å². The smallest absolute Gasteiger partial charge is 0.00265 e. The van der Waals surface area contributed by atoms with Gasteiger partial charge in [0.05, 0.1) is 0 Å². The van der Waals surface area contributed by atoms with E-state index in [1.807, 2.05) is 0 Å². The van der Waals surface area contributed by atoms with E-state index in [1.54, 1.807) is 0 Å². The van der Waals surface area contributed by atoms with Crippen molar-refractivity contribution in [3.05, 3.63) is 0 Å². The maximum atomic E-state index is 7.22. The van der Waals surface area contributed by atoms with Crippen LogP contribution in [0.15, 0.2) is 0 Å². The molecule has 4 heteroatoms. The predicted octanol–water partition coefficient (Wildman–Crippen LogP) is -1.06. The van der Waals surface area contributed by atoms with Crippen LogP contribution in [0.25, 0.3) is 0 Å². The minimum Gasteiger partial charge on any atom is -0.276 e. The number of hydrogen-bond donors (Lipinski definition) is 3. The average Bonchev–Trinajstić information content (AvgIpc) is 0.811.